The number of ketones is 1. The van der Waals surface area contributed by atoms with E-state index >= 15 is 0 Å². The van der Waals surface area contributed by atoms with Crippen molar-refractivity contribution in [2.75, 3.05) is 17.6 Å². The zero-order valence-corrected chi connectivity index (χ0v) is 15.1. The van der Waals surface area contributed by atoms with Gasteiger partial charge in [-0.05, 0) is 32.0 Å². The Morgan fingerprint density at radius 3 is 2.42 bits per heavy atom. The molecule has 0 fully saturated rings. The third-order valence-electron chi connectivity index (χ3n) is 3.12. The first-order chi connectivity index (χ1) is 11.2. The van der Waals surface area contributed by atoms with E-state index in [2.05, 4.69) is 4.72 Å². The number of esters is 1. The number of anilines is 1. The number of hydrogen-bond acceptors (Lipinski definition) is 6. The molecule has 0 aliphatic carbocycles. The van der Waals surface area contributed by atoms with Crippen LogP contribution in [0.15, 0.2) is 30.3 Å². The van der Waals surface area contributed by atoms with Gasteiger partial charge in [0.1, 0.15) is 0 Å². The summed E-state index contributed by atoms with van der Waals surface area (Å²) in [6.07, 6.45) is 0.986. The molecule has 0 saturated carbocycles. The molecule has 8 heteroatoms. The number of ether oxygens (including phenoxy) is 1. The van der Waals surface area contributed by atoms with Gasteiger partial charge >= 0.3 is 5.97 Å². The van der Waals surface area contributed by atoms with Gasteiger partial charge in [0.05, 0.1) is 17.5 Å². The lowest BCUT2D eigenvalue weighted by molar-refractivity contribution is 0.0475. The summed E-state index contributed by atoms with van der Waals surface area (Å²) in [7, 11) is -3.53. The Kier molecular flexibility index (Phi) is 5.40. The van der Waals surface area contributed by atoms with Crippen LogP contribution in [0.25, 0.3) is 0 Å². The number of aryl methyl sites for hydroxylation is 2. The lowest BCUT2D eigenvalue weighted by atomic mass is 10.1. The van der Waals surface area contributed by atoms with Crippen molar-refractivity contribution < 1.29 is 22.7 Å². The van der Waals surface area contributed by atoms with E-state index in [1.807, 2.05) is 13.8 Å². The molecule has 1 heterocycles. The van der Waals surface area contributed by atoms with Crippen LogP contribution < -0.4 is 4.72 Å². The van der Waals surface area contributed by atoms with Crippen LogP contribution in [0.4, 0.5) is 5.69 Å². The average molecular weight is 367 g/mol. The summed E-state index contributed by atoms with van der Waals surface area (Å²) in [5.74, 6) is -1.06. The van der Waals surface area contributed by atoms with Gasteiger partial charge in [0.15, 0.2) is 6.61 Å². The van der Waals surface area contributed by atoms with E-state index in [0.717, 1.165) is 16.0 Å². The molecule has 0 atom stereocenters. The van der Waals surface area contributed by atoms with E-state index in [9.17, 15) is 18.0 Å². The van der Waals surface area contributed by atoms with Crippen LogP contribution in [0.5, 0.6) is 0 Å². The number of carbonyl (C=O) groups excluding carboxylic acids is 2. The number of para-hydroxylation sites is 1. The standard InChI is InChI=1S/C16H17NO5S2/c1-10-8-13(11(2)23-10)15(18)9-22-16(19)12-6-4-5-7-14(12)17-24(3,20)21/h4-8,17H,9H2,1-3H3. The zero-order valence-electron chi connectivity index (χ0n) is 13.5. The second-order valence-corrected chi connectivity index (χ2v) is 8.45. The number of carbonyl (C=O) groups is 2. The predicted octanol–water partition coefficient (Wildman–Crippen LogP) is 2.78. The van der Waals surface area contributed by atoms with Crippen molar-refractivity contribution >= 4 is 38.8 Å². The summed E-state index contributed by atoms with van der Waals surface area (Å²) in [5.41, 5.74) is 0.696. The molecule has 1 aromatic carbocycles. The van der Waals surface area contributed by atoms with Crippen LogP contribution in [0.2, 0.25) is 0 Å². The predicted molar refractivity (Wildman–Crippen MR) is 93.3 cm³/mol. The molecule has 0 radical (unpaired) electrons. The van der Waals surface area contributed by atoms with Crippen LogP contribution >= 0.6 is 11.3 Å². The Hall–Kier alpha value is -2.19. The van der Waals surface area contributed by atoms with E-state index in [1.54, 1.807) is 18.2 Å². The first kappa shape index (κ1) is 18.2. The van der Waals surface area contributed by atoms with E-state index < -0.39 is 22.6 Å². The van der Waals surface area contributed by atoms with Gasteiger partial charge in [-0.2, -0.15) is 0 Å². The Bertz CT molecular complexity index is 884. The van der Waals surface area contributed by atoms with Crippen molar-refractivity contribution in [2.24, 2.45) is 0 Å². The number of benzene rings is 1. The second-order valence-electron chi connectivity index (χ2n) is 5.25. The monoisotopic (exact) mass is 367 g/mol. The van der Waals surface area contributed by atoms with Gasteiger partial charge in [0, 0.05) is 15.3 Å². The number of thiophene rings is 1. The van der Waals surface area contributed by atoms with Crippen molar-refractivity contribution in [3.63, 3.8) is 0 Å². The van der Waals surface area contributed by atoms with Crippen molar-refractivity contribution in [2.45, 2.75) is 13.8 Å². The quantitative estimate of drug-likeness (QED) is 0.626. The first-order valence-electron chi connectivity index (χ1n) is 7.01. The van der Waals surface area contributed by atoms with Gasteiger partial charge in [-0.25, -0.2) is 13.2 Å². The molecule has 0 spiro atoms. The van der Waals surface area contributed by atoms with Crippen molar-refractivity contribution in [1.82, 2.24) is 0 Å². The number of hydrogen-bond donors (Lipinski definition) is 1. The highest BCUT2D eigenvalue weighted by Crippen LogP contribution is 2.22. The van der Waals surface area contributed by atoms with Crippen LogP contribution in [-0.4, -0.2) is 33.0 Å². The Labute approximate surface area is 144 Å². The summed E-state index contributed by atoms with van der Waals surface area (Å²) >= 11 is 1.50. The molecule has 6 nitrogen and oxygen atoms in total. The minimum Gasteiger partial charge on any atom is -0.454 e. The van der Waals surface area contributed by atoms with E-state index in [0.29, 0.717) is 5.56 Å². The molecule has 0 unspecified atom stereocenters. The maximum atomic E-state index is 12.2. The largest absolute Gasteiger partial charge is 0.454 e. The molecule has 1 N–H and O–H groups in total. The van der Waals surface area contributed by atoms with Crippen LogP contribution in [0.1, 0.15) is 30.5 Å². The third-order valence-corrected chi connectivity index (χ3v) is 4.67. The van der Waals surface area contributed by atoms with Crippen LogP contribution in [0.3, 0.4) is 0 Å². The molecule has 0 saturated heterocycles. The Balaban J connectivity index is 2.11. The van der Waals surface area contributed by atoms with Gasteiger partial charge in [0.25, 0.3) is 0 Å². The number of rotatable bonds is 6. The SMILES string of the molecule is Cc1cc(C(=O)COC(=O)c2ccccc2NS(C)(=O)=O)c(C)s1. The molecular weight excluding hydrogens is 350 g/mol. The molecule has 2 aromatic rings. The fraction of sp³-hybridized carbons (Fsp3) is 0.250. The molecule has 0 bridgehead atoms. The van der Waals surface area contributed by atoms with Gasteiger partial charge < -0.3 is 4.74 Å². The van der Waals surface area contributed by atoms with Crippen LogP contribution in [-0.2, 0) is 14.8 Å². The summed E-state index contributed by atoms with van der Waals surface area (Å²) < 4.78 is 30.0. The van der Waals surface area contributed by atoms with Crippen molar-refractivity contribution in [3.05, 3.63) is 51.2 Å². The fourth-order valence-corrected chi connectivity index (χ4v) is 3.66. The molecular formula is C16H17NO5S2. The first-order valence-corrected chi connectivity index (χ1v) is 9.72. The summed E-state index contributed by atoms with van der Waals surface area (Å²) in [6, 6.07) is 7.81. The van der Waals surface area contributed by atoms with Gasteiger partial charge in [-0.1, -0.05) is 12.1 Å². The van der Waals surface area contributed by atoms with E-state index in [1.165, 1.54) is 23.5 Å². The highest BCUT2D eigenvalue weighted by molar-refractivity contribution is 7.92. The number of Topliss-reactive ketones (excluding diaryl/α,β-unsaturated/α-hetero) is 1. The normalized spacial score (nSPS) is 11.1. The van der Waals surface area contributed by atoms with Gasteiger partial charge in [0.2, 0.25) is 15.8 Å². The lowest BCUT2D eigenvalue weighted by Gasteiger charge is -2.10. The third kappa shape index (κ3) is 4.65. The highest BCUT2D eigenvalue weighted by Gasteiger charge is 2.18. The number of nitrogens with one attached hydrogen (secondary N) is 1. The summed E-state index contributed by atoms with van der Waals surface area (Å²) in [4.78, 5) is 26.2. The van der Waals surface area contributed by atoms with E-state index in [-0.39, 0.29) is 17.0 Å². The topological polar surface area (TPSA) is 89.5 Å². The second kappa shape index (κ2) is 7.14. The summed E-state index contributed by atoms with van der Waals surface area (Å²) in [6.45, 7) is 3.33. The molecule has 1 aromatic heterocycles. The maximum Gasteiger partial charge on any atom is 0.340 e. The van der Waals surface area contributed by atoms with Crippen molar-refractivity contribution in [1.29, 1.82) is 0 Å². The highest BCUT2D eigenvalue weighted by atomic mass is 32.2. The summed E-state index contributed by atoms with van der Waals surface area (Å²) in [5, 5.41) is 0. The number of sulfonamides is 1. The minimum atomic E-state index is -3.53. The van der Waals surface area contributed by atoms with Crippen LogP contribution in [0, 0.1) is 13.8 Å². The van der Waals surface area contributed by atoms with Crippen molar-refractivity contribution in [3.8, 4) is 0 Å². The Morgan fingerprint density at radius 1 is 1.17 bits per heavy atom. The molecule has 0 aliphatic rings. The molecule has 0 aliphatic heterocycles. The molecule has 2 rings (SSSR count). The molecule has 0 amide bonds. The Morgan fingerprint density at radius 2 is 1.83 bits per heavy atom. The zero-order chi connectivity index (χ0) is 17.9. The fourth-order valence-electron chi connectivity index (χ4n) is 2.14. The van der Waals surface area contributed by atoms with E-state index in [4.69, 9.17) is 4.74 Å². The smallest absolute Gasteiger partial charge is 0.340 e. The minimum absolute atomic E-state index is 0.0500. The molecule has 24 heavy (non-hydrogen) atoms. The maximum absolute atomic E-state index is 12.2. The average Bonchev–Trinajstić information content (AvgIpc) is 2.82. The lowest BCUT2D eigenvalue weighted by Crippen LogP contribution is -2.17. The molecule has 128 valence electrons. The van der Waals surface area contributed by atoms with Gasteiger partial charge in [-0.15, -0.1) is 11.3 Å². The van der Waals surface area contributed by atoms with Gasteiger partial charge in [-0.3, -0.25) is 9.52 Å².